The smallest absolute Gasteiger partial charge is 0.255 e. The molecule has 4 nitrogen and oxygen atoms in total. The van der Waals surface area contributed by atoms with Crippen LogP contribution in [0.2, 0.25) is 5.02 Å². The van der Waals surface area contributed by atoms with Crippen LogP contribution in [0.1, 0.15) is 27.0 Å². The molecule has 0 unspecified atom stereocenters. The van der Waals surface area contributed by atoms with Gasteiger partial charge in [0, 0.05) is 21.8 Å². The van der Waals surface area contributed by atoms with E-state index in [-0.39, 0.29) is 5.91 Å². The van der Waals surface area contributed by atoms with Crippen LogP contribution in [0.25, 0.3) is 22.6 Å². The summed E-state index contributed by atoms with van der Waals surface area (Å²) < 4.78 is 5.92. The Hall–Kier alpha value is -3.11. The van der Waals surface area contributed by atoms with Gasteiger partial charge in [0.25, 0.3) is 5.91 Å². The summed E-state index contributed by atoms with van der Waals surface area (Å²) in [6.07, 6.45) is 0. The van der Waals surface area contributed by atoms with Crippen molar-refractivity contribution in [1.29, 1.82) is 0 Å². The number of nitrogens with zero attached hydrogens (tertiary/aromatic N) is 1. The number of carbonyl (C=O) groups excluding carboxylic acids is 1. The molecule has 0 aliphatic carbocycles. The van der Waals surface area contributed by atoms with E-state index in [0.717, 1.165) is 27.8 Å². The van der Waals surface area contributed by atoms with Crippen molar-refractivity contribution in [2.75, 3.05) is 5.32 Å². The Morgan fingerprint density at radius 3 is 2.54 bits per heavy atom. The third-order valence-corrected chi connectivity index (χ3v) is 5.21. The lowest BCUT2D eigenvalue weighted by atomic mass is 10.1. The SMILES string of the molecule is Cc1cc2nc(-c3cccc(NC(=O)c4ccc(C)c(Cl)c4)c3)oc2cc1C. The second kappa shape index (κ2) is 7.13. The average Bonchev–Trinajstić information content (AvgIpc) is 3.07. The average molecular weight is 391 g/mol. The number of nitrogens with one attached hydrogen (secondary N) is 1. The lowest BCUT2D eigenvalue weighted by molar-refractivity contribution is 0.102. The molecular formula is C23H19ClN2O2. The van der Waals surface area contributed by atoms with Gasteiger partial charge in [-0.15, -0.1) is 0 Å². The number of aromatic nitrogens is 1. The summed E-state index contributed by atoms with van der Waals surface area (Å²) >= 11 is 6.13. The Kier molecular flexibility index (Phi) is 4.65. The molecule has 1 heterocycles. The van der Waals surface area contributed by atoms with Crippen LogP contribution in [0, 0.1) is 20.8 Å². The highest BCUT2D eigenvalue weighted by Gasteiger charge is 2.12. The first-order chi connectivity index (χ1) is 13.4. The van der Waals surface area contributed by atoms with Gasteiger partial charge in [0.1, 0.15) is 5.52 Å². The van der Waals surface area contributed by atoms with E-state index in [9.17, 15) is 4.79 Å². The predicted octanol–water partition coefficient (Wildman–Crippen LogP) is 6.33. The van der Waals surface area contributed by atoms with Gasteiger partial charge in [0.2, 0.25) is 5.89 Å². The zero-order valence-corrected chi connectivity index (χ0v) is 16.6. The number of rotatable bonds is 3. The van der Waals surface area contributed by atoms with Crippen LogP contribution in [0.4, 0.5) is 5.69 Å². The molecule has 3 aromatic carbocycles. The van der Waals surface area contributed by atoms with Gasteiger partial charge in [-0.3, -0.25) is 4.79 Å². The summed E-state index contributed by atoms with van der Waals surface area (Å²) in [5, 5.41) is 3.47. The van der Waals surface area contributed by atoms with Crippen molar-refractivity contribution in [2.45, 2.75) is 20.8 Å². The largest absolute Gasteiger partial charge is 0.436 e. The number of oxazole rings is 1. The molecular weight excluding hydrogens is 372 g/mol. The van der Waals surface area contributed by atoms with Crippen molar-refractivity contribution < 1.29 is 9.21 Å². The van der Waals surface area contributed by atoms with Crippen LogP contribution in [0.5, 0.6) is 0 Å². The Morgan fingerprint density at radius 2 is 1.75 bits per heavy atom. The Labute approximate surface area is 168 Å². The maximum Gasteiger partial charge on any atom is 0.255 e. The van der Waals surface area contributed by atoms with Crippen LogP contribution in [0.3, 0.4) is 0 Å². The van der Waals surface area contributed by atoms with Gasteiger partial charge in [0.15, 0.2) is 5.58 Å². The highest BCUT2D eigenvalue weighted by atomic mass is 35.5. The molecule has 1 amide bonds. The Balaban J connectivity index is 1.62. The number of halogens is 1. The van der Waals surface area contributed by atoms with Crippen LogP contribution in [-0.4, -0.2) is 10.9 Å². The second-order valence-electron chi connectivity index (χ2n) is 6.92. The van der Waals surface area contributed by atoms with Crippen molar-refractivity contribution in [1.82, 2.24) is 4.98 Å². The van der Waals surface area contributed by atoms with Gasteiger partial charge in [-0.1, -0.05) is 23.7 Å². The summed E-state index contributed by atoms with van der Waals surface area (Å²) in [4.78, 5) is 17.1. The van der Waals surface area contributed by atoms with Crippen molar-refractivity contribution in [3.63, 3.8) is 0 Å². The molecule has 4 rings (SSSR count). The minimum absolute atomic E-state index is 0.220. The highest BCUT2D eigenvalue weighted by molar-refractivity contribution is 6.31. The summed E-state index contributed by atoms with van der Waals surface area (Å²) in [7, 11) is 0. The van der Waals surface area contributed by atoms with E-state index >= 15 is 0 Å². The normalized spacial score (nSPS) is 11.0. The molecule has 0 atom stereocenters. The van der Waals surface area contributed by atoms with E-state index in [0.29, 0.717) is 22.2 Å². The topological polar surface area (TPSA) is 55.1 Å². The summed E-state index contributed by atoms with van der Waals surface area (Å²) in [6, 6.07) is 16.7. The van der Waals surface area contributed by atoms with Crippen molar-refractivity contribution in [3.8, 4) is 11.5 Å². The standard InChI is InChI=1S/C23H19ClN2O2/c1-13-7-8-16(12-19(13)24)22(27)25-18-6-4-5-17(11-18)23-26-20-9-14(2)15(3)10-21(20)28-23/h4-12H,1-3H3,(H,25,27). The highest BCUT2D eigenvalue weighted by Crippen LogP contribution is 2.28. The number of amides is 1. The fraction of sp³-hybridized carbons (Fsp3) is 0.130. The van der Waals surface area contributed by atoms with Crippen LogP contribution < -0.4 is 5.32 Å². The predicted molar refractivity (Wildman–Crippen MR) is 113 cm³/mol. The first-order valence-electron chi connectivity index (χ1n) is 8.96. The second-order valence-corrected chi connectivity index (χ2v) is 7.33. The molecule has 140 valence electrons. The van der Waals surface area contributed by atoms with Crippen LogP contribution in [0.15, 0.2) is 59.0 Å². The maximum absolute atomic E-state index is 12.5. The van der Waals surface area contributed by atoms with Gasteiger partial charge in [-0.25, -0.2) is 4.98 Å². The molecule has 0 aliphatic rings. The number of anilines is 1. The molecule has 0 bridgehead atoms. The molecule has 28 heavy (non-hydrogen) atoms. The van der Waals surface area contributed by atoms with Gasteiger partial charge >= 0.3 is 0 Å². The number of benzene rings is 3. The number of hydrogen-bond acceptors (Lipinski definition) is 3. The molecule has 0 radical (unpaired) electrons. The molecule has 0 aliphatic heterocycles. The molecule has 0 spiro atoms. The molecule has 0 fully saturated rings. The summed E-state index contributed by atoms with van der Waals surface area (Å²) in [5.41, 5.74) is 6.80. The lowest BCUT2D eigenvalue weighted by Crippen LogP contribution is -2.11. The molecule has 1 N–H and O–H groups in total. The fourth-order valence-corrected chi connectivity index (χ4v) is 3.15. The number of carbonyl (C=O) groups is 1. The van der Waals surface area contributed by atoms with E-state index in [1.54, 1.807) is 12.1 Å². The maximum atomic E-state index is 12.5. The van der Waals surface area contributed by atoms with E-state index < -0.39 is 0 Å². The first kappa shape index (κ1) is 18.3. The van der Waals surface area contributed by atoms with Gasteiger partial charge in [0.05, 0.1) is 0 Å². The Bertz CT molecular complexity index is 1170. The van der Waals surface area contributed by atoms with E-state index in [1.807, 2.05) is 56.3 Å². The van der Waals surface area contributed by atoms with E-state index in [1.165, 1.54) is 5.56 Å². The zero-order chi connectivity index (χ0) is 19.8. The minimum Gasteiger partial charge on any atom is -0.436 e. The lowest BCUT2D eigenvalue weighted by Gasteiger charge is -2.07. The monoisotopic (exact) mass is 390 g/mol. The number of fused-ring (bicyclic) bond motifs is 1. The molecule has 4 aromatic rings. The molecule has 5 heteroatoms. The van der Waals surface area contributed by atoms with Crippen LogP contribution >= 0.6 is 11.6 Å². The quantitative estimate of drug-likeness (QED) is 0.445. The Morgan fingerprint density at radius 1 is 0.964 bits per heavy atom. The van der Waals surface area contributed by atoms with Crippen molar-refractivity contribution >= 4 is 34.3 Å². The molecule has 0 saturated heterocycles. The van der Waals surface area contributed by atoms with E-state index in [2.05, 4.69) is 17.2 Å². The van der Waals surface area contributed by atoms with Crippen molar-refractivity contribution in [2.24, 2.45) is 0 Å². The molecule has 0 saturated carbocycles. The third kappa shape index (κ3) is 3.51. The summed E-state index contributed by atoms with van der Waals surface area (Å²) in [6.45, 7) is 6.00. The van der Waals surface area contributed by atoms with Gasteiger partial charge in [-0.05, 0) is 79.9 Å². The molecule has 1 aromatic heterocycles. The first-order valence-corrected chi connectivity index (χ1v) is 9.34. The third-order valence-electron chi connectivity index (χ3n) is 4.81. The zero-order valence-electron chi connectivity index (χ0n) is 15.8. The van der Waals surface area contributed by atoms with Gasteiger partial charge in [-0.2, -0.15) is 0 Å². The van der Waals surface area contributed by atoms with Gasteiger partial charge < -0.3 is 9.73 Å². The number of hydrogen-bond donors (Lipinski definition) is 1. The van der Waals surface area contributed by atoms with E-state index in [4.69, 9.17) is 16.0 Å². The summed E-state index contributed by atoms with van der Waals surface area (Å²) in [5.74, 6) is 0.303. The number of aryl methyl sites for hydroxylation is 3. The minimum atomic E-state index is -0.220. The van der Waals surface area contributed by atoms with Crippen LogP contribution in [-0.2, 0) is 0 Å². The van der Waals surface area contributed by atoms with Crippen molar-refractivity contribution in [3.05, 3.63) is 81.9 Å². The fourth-order valence-electron chi connectivity index (χ4n) is 2.97.